The van der Waals surface area contributed by atoms with E-state index < -0.39 is 23.9 Å². The molecule has 8 heteroatoms. The molecule has 0 unspecified atom stereocenters. The van der Waals surface area contributed by atoms with Crippen molar-refractivity contribution in [2.45, 2.75) is 37.2 Å². The van der Waals surface area contributed by atoms with E-state index in [-0.39, 0.29) is 12.2 Å². The third-order valence-electron chi connectivity index (χ3n) is 3.89. The van der Waals surface area contributed by atoms with Gasteiger partial charge in [0.25, 0.3) is 0 Å². The molecule has 0 amide bonds. The van der Waals surface area contributed by atoms with Crippen LogP contribution < -0.4 is 5.73 Å². The molecule has 1 saturated carbocycles. The predicted molar refractivity (Wildman–Crippen MR) is 66.0 cm³/mol. The maximum absolute atomic E-state index is 10.2. The number of aliphatic hydroxyl groups excluding tert-OH is 3. The largest absolute Gasteiger partial charge is 0.390 e. The van der Waals surface area contributed by atoms with Gasteiger partial charge in [0.15, 0.2) is 11.5 Å². The molecule has 19 heavy (non-hydrogen) atoms. The van der Waals surface area contributed by atoms with Crippen molar-refractivity contribution < 1.29 is 15.3 Å². The zero-order valence-electron chi connectivity index (χ0n) is 10.3. The van der Waals surface area contributed by atoms with Gasteiger partial charge in [-0.2, -0.15) is 0 Å². The van der Waals surface area contributed by atoms with E-state index in [1.165, 1.54) is 12.7 Å². The molecule has 2 aromatic heterocycles. The molecule has 0 spiro atoms. The number of nitrogen functional groups attached to an aromatic ring is 1. The minimum absolute atomic E-state index is 0.199. The Morgan fingerprint density at radius 1 is 1.32 bits per heavy atom. The first-order valence-corrected chi connectivity index (χ1v) is 5.93. The lowest BCUT2D eigenvalue weighted by atomic mass is 9.97. The molecule has 2 heterocycles. The monoisotopic (exact) mass is 265 g/mol. The van der Waals surface area contributed by atoms with Gasteiger partial charge in [0.1, 0.15) is 24.1 Å². The summed E-state index contributed by atoms with van der Waals surface area (Å²) in [6.45, 7) is 1.73. The standard InChI is InChI=1S/C11H15N5O3/c1-11(2-5(17)7(18)8(11)19)16-4-15-6-9(12)13-3-14-10(6)16/h3-5,7-8,17-19H,2H2,1H3,(H2,12,13,14)/t5-,7-,8-,11-/m1/s1. The van der Waals surface area contributed by atoms with Crippen LogP contribution in [-0.4, -0.2) is 53.2 Å². The third-order valence-corrected chi connectivity index (χ3v) is 3.89. The Labute approximate surface area is 108 Å². The number of aliphatic hydroxyl groups is 3. The van der Waals surface area contributed by atoms with Gasteiger partial charge in [-0.1, -0.05) is 0 Å². The number of hydrogen-bond donors (Lipinski definition) is 4. The van der Waals surface area contributed by atoms with Crippen molar-refractivity contribution in [1.82, 2.24) is 19.5 Å². The number of hydrogen-bond acceptors (Lipinski definition) is 7. The summed E-state index contributed by atoms with van der Waals surface area (Å²) < 4.78 is 1.63. The summed E-state index contributed by atoms with van der Waals surface area (Å²) in [5.41, 5.74) is 5.72. The minimum Gasteiger partial charge on any atom is -0.390 e. The number of fused-ring (bicyclic) bond motifs is 1. The average Bonchev–Trinajstić information content (AvgIpc) is 2.89. The molecule has 3 rings (SSSR count). The summed E-state index contributed by atoms with van der Waals surface area (Å²) in [4.78, 5) is 12.1. The Balaban J connectivity index is 2.17. The molecule has 0 radical (unpaired) electrons. The van der Waals surface area contributed by atoms with Crippen molar-refractivity contribution in [1.29, 1.82) is 0 Å². The lowest BCUT2D eigenvalue weighted by Crippen LogP contribution is -2.42. The van der Waals surface area contributed by atoms with Gasteiger partial charge in [0.2, 0.25) is 0 Å². The van der Waals surface area contributed by atoms with Crippen LogP contribution in [0.5, 0.6) is 0 Å². The van der Waals surface area contributed by atoms with Crippen LogP contribution in [0.25, 0.3) is 11.2 Å². The van der Waals surface area contributed by atoms with Gasteiger partial charge in [0, 0.05) is 6.42 Å². The van der Waals surface area contributed by atoms with Gasteiger partial charge in [-0.25, -0.2) is 15.0 Å². The number of imidazole rings is 1. The van der Waals surface area contributed by atoms with E-state index in [0.717, 1.165) is 0 Å². The first kappa shape index (κ1) is 12.3. The molecule has 8 nitrogen and oxygen atoms in total. The fourth-order valence-electron chi connectivity index (χ4n) is 2.71. The van der Waals surface area contributed by atoms with Gasteiger partial charge in [-0.05, 0) is 6.92 Å². The van der Waals surface area contributed by atoms with Gasteiger partial charge in [0.05, 0.1) is 18.0 Å². The Morgan fingerprint density at radius 3 is 2.68 bits per heavy atom. The van der Waals surface area contributed by atoms with Crippen LogP contribution in [0.4, 0.5) is 5.82 Å². The van der Waals surface area contributed by atoms with Crippen molar-refractivity contribution in [3.63, 3.8) is 0 Å². The second-order valence-corrected chi connectivity index (χ2v) is 5.11. The predicted octanol–water partition coefficient (Wildman–Crippen LogP) is -1.39. The van der Waals surface area contributed by atoms with E-state index in [4.69, 9.17) is 5.73 Å². The van der Waals surface area contributed by atoms with Crippen molar-refractivity contribution in [2.24, 2.45) is 0 Å². The summed E-state index contributed by atoms with van der Waals surface area (Å²) in [5.74, 6) is 0.251. The van der Waals surface area contributed by atoms with E-state index in [0.29, 0.717) is 11.2 Å². The highest BCUT2D eigenvalue weighted by atomic mass is 16.4. The number of anilines is 1. The second-order valence-electron chi connectivity index (χ2n) is 5.11. The molecular weight excluding hydrogens is 250 g/mol. The van der Waals surface area contributed by atoms with Gasteiger partial charge >= 0.3 is 0 Å². The minimum atomic E-state index is -1.19. The van der Waals surface area contributed by atoms with Gasteiger partial charge in [-0.15, -0.1) is 0 Å². The normalized spacial score (nSPS) is 35.1. The summed E-state index contributed by atoms with van der Waals surface area (Å²) in [7, 11) is 0. The molecule has 102 valence electrons. The van der Waals surface area contributed by atoms with Crippen molar-refractivity contribution in [3.8, 4) is 0 Å². The van der Waals surface area contributed by atoms with Crippen LogP contribution >= 0.6 is 0 Å². The SMILES string of the molecule is C[C@@]1(n2cnc3c(N)ncnc32)C[C@@H](O)[C@@H](O)[C@H]1O. The Morgan fingerprint density at radius 2 is 2.05 bits per heavy atom. The zero-order valence-corrected chi connectivity index (χ0v) is 10.3. The maximum atomic E-state index is 10.2. The lowest BCUT2D eigenvalue weighted by molar-refractivity contribution is -0.0373. The molecule has 1 aliphatic rings. The molecule has 2 aromatic rings. The summed E-state index contributed by atoms with van der Waals surface area (Å²) in [6.07, 6.45) is -0.295. The van der Waals surface area contributed by atoms with E-state index in [2.05, 4.69) is 15.0 Å². The number of rotatable bonds is 1. The second kappa shape index (κ2) is 3.86. The topological polar surface area (TPSA) is 130 Å². The van der Waals surface area contributed by atoms with E-state index in [1.807, 2.05) is 0 Å². The van der Waals surface area contributed by atoms with E-state index in [9.17, 15) is 15.3 Å². The Hall–Kier alpha value is -1.77. The number of nitrogens with two attached hydrogens (primary N) is 1. The smallest absolute Gasteiger partial charge is 0.166 e. The molecular formula is C11H15N5O3. The van der Waals surface area contributed by atoms with Crippen molar-refractivity contribution in [3.05, 3.63) is 12.7 Å². The number of nitrogens with zero attached hydrogens (tertiary/aromatic N) is 4. The first-order chi connectivity index (χ1) is 8.95. The van der Waals surface area contributed by atoms with Crippen LogP contribution in [0.15, 0.2) is 12.7 Å². The highest BCUT2D eigenvalue weighted by molar-refractivity contribution is 5.81. The van der Waals surface area contributed by atoms with E-state index >= 15 is 0 Å². The molecule has 4 atom stereocenters. The van der Waals surface area contributed by atoms with Gasteiger partial charge in [-0.3, -0.25) is 0 Å². The Bertz CT molecular complexity index is 630. The first-order valence-electron chi connectivity index (χ1n) is 5.93. The molecule has 1 aliphatic carbocycles. The number of aromatic nitrogens is 4. The lowest BCUT2D eigenvalue weighted by Gasteiger charge is -2.30. The van der Waals surface area contributed by atoms with Crippen molar-refractivity contribution in [2.75, 3.05) is 5.73 Å². The van der Waals surface area contributed by atoms with E-state index in [1.54, 1.807) is 11.5 Å². The summed E-state index contributed by atoms with van der Waals surface area (Å²) >= 11 is 0. The van der Waals surface area contributed by atoms with Crippen LogP contribution in [-0.2, 0) is 5.54 Å². The molecule has 0 saturated heterocycles. The van der Waals surface area contributed by atoms with Crippen molar-refractivity contribution >= 4 is 17.0 Å². The van der Waals surface area contributed by atoms with Crippen LogP contribution in [0.3, 0.4) is 0 Å². The fourth-order valence-corrected chi connectivity index (χ4v) is 2.71. The quantitative estimate of drug-likeness (QED) is 0.499. The molecule has 1 fully saturated rings. The maximum Gasteiger partial charge on any atom is 0.166 e. The Kier molecular flexibility index (Phi) is 2.49. The average molecular weight is 265 g/mol. The molecule has 0 aromatic carbocycles. The van der Waals surface area contributed by atoms with Crippen LogP contribution in [0.1, 0.15) is 13.3 Å². The zero-order chi connectivity index (χ0) is 13.8. The molecule has 0 aliphatic heterocycles. The summed E-state index contributed by atoms with van der Waals surface area (Å²) in [5, 5.41) is 29.6. The highest BCUT2D eigenvalue weighted by Gasteiger charge is 2.51. The molecule has 5 N–H and O–H groups in total. The van der Waals surface area contributed by atoms with Gasteiger partial charge < -0.3 is 25.6 Å². The third kappa shape index (κ3) is 1.54. The molecule has 0 bridgehead atoms. The van der Waals surface area contributed by atoms with Crippen LogP contribution in [0, 0.1) is 0 Å². The summed E-state index contributed by atoms with van der Waals surface area (Å²) in [6, 6.07) is 0. The highest BCUT2D eigenvalue weighted by Crippen LogP contribution is 2.38. The fraction of sp³-hybridized carbons (Fsp3) is 0.545. The van der Waals surface area contributed by atoms with Crippen LogP contribution in [0.2, 0.25) is 0 Å².